The Bertz CT molecular complexity index is 1060. The minimum absolute atomic E-state index is 0.330. The van der Waals surface area contributed by atoms with Gasteiger partial charge < -0.3 is 0 Å². The predicted octanol–water partition coefficient (Wildman–Crippen LogP) is 2.74. The summed E-state index contributed by atoms with van der Waals surface area (Å²) in [7, 11) is -3.47. The van der Waals surface area contributed by atoms with Gasteiger partial charge in [-0.25, -0.2) is 8.42 Å². The average Bonchev–Trinajstić information content (AvgIpc) is 3.08. The topological polar surface area (TPSA) is 75.5 Å². The van der Waals surface area contributed by atoms with E-state index in [1.165, 1.54) is 10.7 Å². The van der Waals surface area contributed by atoms with Gasteiger partial charge in [-0.15, -0.1) is 0 Å². The highest BCUT2D eigenvalue weighted by molar-refractivity contribution is 7.88. The van der Waals surface area contributed by atoms with Gasteiger partial charge >= 0.3 is 0 Å². The molecule has 1 aliphatic heterocycles. The monoisotopic (exact) mass is 352 g/mol. The second-order valence-electron chi connectivity index (χ2n) is 5.97. The molecular formula is C18H16N4O2S. The predicted molar refractivity (Wildman–Crippen MR) is 96.6 cm³/mol. The molecule has 6 nitrogen and oxygen atoms in total. The van der Waals surface area contributed by atoms with Crippen molar-refractivity contribution in [2.45, 2.75) is 12.5 Å². The molecule has 0 N–H and O–H groups in total. The Kier molecular flexibility index (Phi) is 3.73. The third-order valence-electron chi connectivity index (χ3n) is 4.20. The first kappa shape index (κ1) is 15.7. The maximum atomic E-state index is 12.2. The van der Waals surface area contributed by atoms with Gasteiger partial charge in [-0.1, -0.05) is 36.4 Å². The van der Waals surface area contributed by atoms with E-state index in [4.69, 9.17) is 0 Å². The lowest BCUT2D eigenvalue weighted by Crippen LogP contribution is -2.25. The summed E-state index contributed by atoms with van der Waals surface area (Å²) in [6.07, 6.45) is 4.98. The first-order valence-corrected chi connectivity index (χ1v) is 9.70. The van der Waals surface area contributed by atoms with E-state index in [1.54, 1.807) is 12.4 Å². The highest BCUT2D eigenvalue weighted by atomic mass is 32.2. The van der Waals surface area contributed by atoms with Crippen LogP contribution in [-0.2, 0) is 10.0 Å². The highest BCUT2D eigenvalue weighted by Gasteiger charge is 2.34. The van der Waals surface area contributed by atoms with Crippen molar-refractivity contribution in [3.8, 4) is 0 Å². The van der Waals surface area contributed by atoms with Crippen LogP contribution in [0.5, 0.6) is 0 Å². The molecule has 1 aromatic heterocycles. The molecule has 0 saturated carbocycles. The molecule has 0 amide bonds. The lowest BCUT2D eigenvalue weighted by molar-refractivity contribution is 0.375. The number of fused-ring (bicyclic) bond motifs is 1. The fraction of sp³-hybridized carbons (Fsp3) is 0.167. The SMILES string of the molecule is CS(=O)(=O)N1N=C(c2ccc3nccnc3c2)CC1c1ccccc1. The smallest absolute Gasteiger partial charge is 0.247 e. The van der Waals surface area contributed by atoms with E-state index in [1.807, 2.05) is 48.5 Å². The second-order valence-corrected chi connectivity index (χ2v) is 7.81. The van der Waals surface area contributed by atoms with Gasteiger partial charge in [-0.2, -0.15) is 9.52 Å². The number of hydrogen-bond acceptors (Lipinski definition) is 5. The molecule has 0 radical (unpaired) electrons. The minimum Gasteiger partial charge on any atom is -0.253 e. The van der Waals surface area contributed by atoms with Crippen molar-refractivity contribution in [3.63, 3.8) is 0 Å². The van der Waals surface area contributed by atoms with E-state index in [-0.39, 0.29) is 6.04 Å². The van der Waals surface area contributed by atoms with Crippen LogP contribution in [0.4, 0.5) is 0 Å². The lowest BCUT2D eigenvalue weighted by atomic mass is 9.99. The largest absolute Gasteiger partial charge is 0.253 e. The Balaban J connectivity index is 1.77. The van der Waals surface area contributed by atoms with Crippen LogP contribution < -0.4 is 0 Å². The van der Waals surface area contributed by atoms with Crippen LogP contribution in [0.25, 0.3) is 11.0 Å². The number of sulfonamides is 1. The van der Waals surface area contributed by atoms with Crippen LogP contribution >= 0.6 is 0 Å². The minimum atomic E-state index is -3.47. The quantitative estimate of drug-likeness (QED) is 0.726. The van der Waals surface area contributed by atoms with E-state index in [0.29, 0.717) is 6.42 Å². The van der Waals surface area contributed by atoms with E-state index in [0.717, 1.165) is 27.9 Å². The summed E-state index contributed by atoms with van der Waals surface area (Å²) >= 11 is 0. The van der Waals surface area contributed by atoms with Crippen LogP contribution in [-0.4, -0.2) is 34.8 Å². The molecule has 1 atom stereocenters. The van der Waals surface area contributed by atoms with E-state index in [2.05, 4.69) is 15.1 Å². The van der Waals surface area contributed by atoms with Gasteiger partial charge in [0, 0.05) is 24.4 Å². The van der Waals surface area contributed by atoms with Gasteiger partial charge in [0.15, 0.2) is 0 Å². The molecule has 3 aromatic rings. The number of hydrogen-bond donors (Lipinski definition) is 0. The zero-order valence-corrected chi connectivity index (χ0v) is 14.4. The first-order chi connectivity index (χ1) is 12.0. The first-order valence-electron chi connectivity index (χ1n) is 7.85. The van der Waals surface area contributed by atoms with E-state index < -0.39 is 10.0 Å². The van der Waals surface area contributed by atoms with Crippen molar-refractivity contribution >= 4 is 26.8 Å². The fourth-order valence-corrected chi connectivity index (χ4v) is 3.94. The summed E-state index contributed by atoms with van der Waals surface area (Å²) in [6, 6.07) is 14.9. The van der Waals surface area contributed by atoms with Crippen LogP contribution in [0.15, 0.2) is 66.0 Å². The zero-order valence-electron chi connectivity index (χ0n) is 13.6. The molecule has 2 heterocycles. The van der Waals surface area contributed by atoms with Gasteiger partial charge in [0.25, 0.3) is 0 Å². The van der Waals surface area contributed by atoms with Crippen molar-refractivity contribution < 1.29 is 8.42 Å². The van der Waals surface area contributed by atoms with Crippen molar-refractivity contribution in [1.82, 2.24) is 14.4 Å². The Morgan fingerprint density at radius 2 is 1.72 bits per heavy atom. The van der Waals surface area contributed by atoms with Gasteiger partial charge in [0.2, 0.25) is 10.0 Å². The van der Waals surface area contributed by atoms with Gasteiger partial charge in [0.1, 0.15) is 0 Å². The third-order valence-corrected chi connectivity index (χ3v) is 5.21. The molecule has 2 aromatic carbocycles. The van der Waals surface area contributed by atoms with Crippen molar-refractivity contribution in [1.29, 1.82) is 0 Å². The van der Waals surface area contributed by atoms with Gasteiger partial charge in [-0.3, -0.25) is 9.97 Å². The average molecular weight is 352 g/mol. The van der Waals surface area contributed by atoms with Crippen molar-refractivity contribution in [3.05, 3.63) is 72.1 Å². The summed E-state index contributed by atoms with van der Waals surface area (Å²) in [5, 5.41) is 4.41. The maximum absolute atomic E-state index is 12.2. The molecule has 1 aliphatic rings. The molecule has 0 aliphatic carbocycles. The summed E-state index contributed by atoms with van der Waals surface area (Å²) in [4.78, 5) is 8.57. The molecule has 0 bridgehead atoms. The standard InChI is InChI=1S/C18H16N4O2S/c1-25(23,24)22-18(13-5-3-2-4-6-13)12-16(21-22)14-7-8-15-17(11-14)20-10-9-19-15/h2-11,18H,12H2,1H3. The molecule has 126 valence electrons. The van der Waals surface area contributed by atoms with Crippen molar-refractivity contribution in [2.24, 2.45) is 5.10 Å². The van der Waals surface area contributed by atoms with Crippen LogP contribution in [0, 0.1) is 0 Å². The van der Waals surface area contributed by atoms with E-state index >= 15 is 0 Å². The maximum Gasteiger partial charge on any atom is 0.247 e. The molecule has 1 unspecified atom stereocenters. The number of hydrazone groups is 1. The molecule has 25 heavy (non-hydrogen) atoms. The summed E-state index contributed by atoms with van der Waals surface area (Å²) < 4.78 is 25.6. The fourth-order valence-electron chi connectivity index (χ4n) is 3.03. The Morgan fingerprint density at radius 1 is 1.00 bits per heavy atom. The third kappa shape index (κ3) is 2.98. The van der Waals surface area contributed by atoms with Gasteiger partial charge in [0.05, 0.1) is 29.0 Å². The summed E-state index contributed by atoms with van der Waals surface area (Å²) in [5.41, 5.74) is 4.07. The zero-order chi connectivity index (χ0) is 17.4. The Labute approximate surface area is 145 Å². The molecular weight excluding hydrogens is 336 g/mol. The summed E-state index contributed by atoms with van der Waals surface area (Å²) in [6.45, 7) is 0. The van der Waals surface area contributed by atoms with Crippen LogP contribution in [0.3, 0.4) is 0 Å². The molecule has 0 spiro atoms. The lowest BCUT2D eigenvalue weighted by Gasteiger charge is -2.21. The molecule has 0 fully saturated rings. The molecule has 4 rings (SSSR count). The second kappa shape index (κ2) is 5.93. The highest BCUT2D eigenvalue weighted by Crippen LogP contribution is 2.34. The van der Waals surface area contributed by atoms with E-state index in [9.17, 15) is 8.42 Å². The Morgan fingerprint density at radius 3 is 2.44 bits per heavy atom. The van der Waals surface area contributed by atoms with Crippen LogP contribution in [0.2, 0.25) is 0 Å². The van der Waals surface area contributed by atoms with Crippen LogP contribution in [0.1, 0.15) is 23.6 Å². The number of rotatable bonds is 3. The molecule has 7 heteroatoms. The normalized spacial score (nSPS) is 17.7. The Hall–Kier alpha value is -2.80. The summed E-state index contributed by atoms with van der Waals surface area (Å²) in [5.74, 6) is 0. The molecule has 0 saturated heterocycles. The van der Waals surface area contributed by atoms with Crippen molar-refractivity contribution in [2.75, 3.05) is 6.26 Å². The number of aromatic nitrogens is 2. The van der Waals surface area contributed by atoms with Gasteiger partial charge in [-0.05, 0) is 17.7 Å². The number of benzene rings is 2. The number of nitrogens with zero attached hydrogens (tertiary/aromatic N) is 4.